The van der Waals surface area contributed by atoms with Crippen LogP contribution in [-0.2, 0) is 16.0 Å². The third kappa shape index (κ3) is 5.62. The number of phenolic OH excluding ortho intramolecular Hbond substituents is 1. The van der Waals surface area contributed by atoms with Gasteiger partial charge < -0.3 is 15.2 Å². The lowest BCUT2D eigenvalue weighted by molar-refractivity contribution is -0.124. The first-order chi connectivity index (χ1) is 12.4. The standard InChI is InChI=1S/C21H25NO4/c1-14(2)12-16-8-10-17(11-9-16)15(3)22-20(24)13-26-21(25)18-6-4-5-7-19(18)23/h4-11,14-15,23H,12-13H2,1-3H3,(H,22,24)/t15-/m0/s1. The lowest BCUT2D eigenvalue weighted by Crippen LogP contribution is -2.31. The van der Waals surface area contributed by atoms with Crippen LogP contribution in [0.1, 0.15) is 48.3 Å². The Morgan fingerprint density at radius 2 is 1.69 bits per heavy atom. The SMILES string of the molecule is CC(C)Cc1ccc([C@H](C)NC(=O)COC(=O)c2ccccc2O)cc1. The number of nitrogens with one attached hydrogen (secondary N) is 1. The van der Waals surface area contributed by atoms with Gasteiger partial charge in [0.05, 0.1) is 6.04 Å². The largest absolute Gasteiger partial charge is 0.507 e. The highest BCUT2D eigenvalue weighted by atomic mass is 16.5. The summed E-state index contributed by atoms with van der Waals surface area (Å²) in [6.07, 6.45) is 1.02. The maximum absolute atomic E-state index is 12.0. The minimum absolute atomic E-state index is 0.0362. The molecule has 5 nitrogen and oxygen atoms in total. The van der Waals surface area contributed by atoms with Crippen molar-refractivity contribution in [2.24, 2.45) is 5.92 Å². The van der Waals surface area contributed by atoms with Crippen LogP contribution in [0.15, 0.2) is 48.5 Å². The number of esters is 1. The second kappa shape index (κ2) is 9.04. The number of carbonyl (C=O) groups excluding carboxylic acids is 2. The second-order valence-electron chi connectivity index (χ2n) is 6.72. The number of aromatic hydroxyl groups is 1. The monoisotopic (exact) mass is 355 g/mol. The molecular weight excluding hydrogens is 330 g/mol. The van der Waals surface area contributed by atoms with Crippen LogP contribution in [0.2, 0.25) is 0 Å². The molecule has 138 valence electrons. The number of phenols is 1. The fraction of sp³-hybridized carbons (Fsp3) is 0.333. The summed E-state index contributed by atoms with van der Waals surface area (Å²) >= 11 is 0. The summed E-state index contributed by atoms with van der Waals surface area (Å²) in [5.74, 6) is -0.707. The Hall–Kier alpha value is -2.82. The molecule has 0 saturated heterocycles. The average molecular weight is 355 g/mol. The molecule has 0 aliphatic heterocycles. The predicted octanol–water partition coefficient (Wildman–Crippen LogP) is 3.62. The maximum Gasteiger partial charge on any atom is 0.342 e. The molecule has 0 unspecified atom stereocenters. The van der Waals surface area contributed by atoms with Gasteiger partial charge in [-0.2, -0.15) is 0 Å². The van der Waals surface area contributed by atoms with Gasteiger partial charge in [0, 0.05) is 0 Å². The number of rotatable bonds is 7. The molecule has 0 aliphatic rings. The first-order valence-corrected chi connectivity index (χ1v) is 8.70. The Balaban J connectivity index is 1.85. The van der Waals surface area contributed by atoms with Crippen molar-refractivity contribution in [2.45, 2.75) is 33.2 Å². The number of ether oxygens (including phenoxy) is 1. The topological polar surface area (TPSA) is 75.6 Å². The number of amides is 1. The van der Waals surface area contributed by atoms with Crippen LogP contribution in [0.25, 0.3) is 0 Å². The quantitative estimate of drug-likeness (QED) is 0.744. The van der Waals surface area contributed by atoms with Crippen LogP contribution < -0.4 is 5.32 Å². The Morgan fingerprint density at radius 3 is 2.31 bits per heavy atom. The fourth-order valence-corrected chi connectivity index (χ4v) is 2.64. The fourth-order valence-electron chi connectivity index (χ4n) is 2.64. The number of para-hydroxylation sites is 1. The zero-order valence-corrected chi connectivity index (χ0v) is 15.4. The summed E-state index contributed by atoms with van der Waals surface area (Å²) in [6, 6.07) is 14.0. The van der Waals surface area contributed by atoms with Gasteiger partial charge in [-0.05, 0) is 42.5 Å². The molecule has 5 heteroatoms. The van der Waals surface area contributed by atoms with Crippen LogP contribution in [0, 0.1) is 5.92 Å². The number of hydrogen-bond acceptors (Lipinski definition) is 4. The smallest absolute Gasteiger partial charge is 0.342 e. The molecule has 2 N–H and O–H groups in total. The van der Waals surface area contributed by atoms with E-state index in [1.54, 1.807) is 12.1 Å². The van der Waals surface area contributed by atoms with Gasteiger partial charge in [0.2, 0.25) is 0 Å². The van der Waals surface area contributed by atoms with E-state index in [1.165, 1.54) is 17.7 Å². The van der Waals surface area contributed by atoms with E-state index in [9.17, 15) is 14.7 Å². The van der Waals surface area contributed by atoms with E-state index in [0.29, 0.717) is 5.92 Å². The van der Waals surface area contributed by atoms with Crippen LogP contribution in [-0.4, -0.2) is 23.6 Å². The molecule has 0 heterocycles. The van der Waals surface area contributed by atoms with Gasteiger partial charge in [-0.3, -0.25) is 4.79 Å². The van der Waals surface area contributed by atoms with Gasteiger partial charge in [0.15, 0.2) is 6.61 Å². The summed E-state index contributed by atoms with van der Waals surface area (Å²) < 4.78 is 4.96. The zero-order chi connectivity index (χ0) is 19.1. The lowest BCUT2D eigenvalue weighted by atomic mass is 10.00. The Morgan fingerprint density at radius 1 is 1.04 bits per heavy atom. The summed E-state index contributed by atoms with van der Waals surface area (Å²) in [5, 5.41) is 12.4. The summed E-state index contributed by atoms with van der Waals surface area (Å²) in [6.45, 7) is 5.82. The van der Waals surface area contributed by atoms with Gasteiger partial charge >= 0.3 is 5.97 Å². The van der Waals surface area contributed by atoms with Gasteiger partial charge in [-0.1, -0.05) is 50.2 Å². The van der Waals surface area contributed by atoms with Gasteiger partial charge in [0.1, 0.15) is 11.3 Å². The van der Waals surface area contributed by atoms with Crippen molar-refractivity contribution in [3.05, 3.63) is 65.2 Å². The van der Waals surface area contributed by atoms with E-state index in [0.717, 1.165) is 12.0 Å². The van der Waals surface area contributed by atoms with Crippen LogP contribution in [0.5, 0.6) is 5.75 Å². The van der Waals surface area contributed by atoms with Crippen molar-refractivity contribution < 1.29 is 19.4 Å². The first kappa shape index (κ1) is 19.5. The Bertz CT molecular complexity index is 753. The van der Waals surface area contributed by atoms with E-state index in [-0.39, 0.29) is 17.4 Å². The molecule has 0 fully saturated rings. The van der Waals surface area contributed by atoms with Crippen LogP contribution >= 0.6 is 0 Å². The summed E-state index contributed by atoms with van der Waals surface area (Å²) in [5.41, 5.74) is 2.28. The molecule has 2 aromatic carbocycles. The van der Waals surface area contributed by atoms with Crippen LogP contribution in [0.4, 0.5) is 0 Å². The normalized spacial score (nSPS) is 11.8. The van der Waals surface area contributed by atoms with Gasteiger partial charge in [-0.15, -0.1) is 0 Å². The maximum atomic E-state index is 12.0. The lowest BCUT2D eigenvalue weighted by Gasteiger charge is -2.15. The van der Waals surface area contributed by atoms with Crippen molar-refractivity contribution in [2.75, 3.05) is 6.61 Å². The van der Waals surface area contributed by atoms with Crippen molar-refractivity contribution in [1.29, 1.82) is 0 Å². The molecule has 2 aromatic rings. The highest BCUT2D eigenvalue weighted by Crippen LogP contribution is 2.17. The first-order valence-electron chi connectivity index (χ1n) is 8.70. The molecule has 0 aliphatic carbocycles. The third-order valence-corrected chi connectivity index (χ3v) is 3.96. The van der Waals surface area contributed by atoms with Gasteiger partial charge in [-0.25, -0.2) is 4.79 Å². The highest BCUT2D eigenvalue weighted by molar-refractivity contribution is 5.93. The molecular formula is C21H25NO4. The molecule has 2 rings (SSSR count). The molecule has 0 saturated carbocycles. The molecule has 1 atom stereocenters. The Labute approximate surface area is 154 Å². The summed E-state index contributed by atoms with van der Waals surface area (Å²) in [4.78, 5) is 23.9. The van der Waals surface area contributed by atoms with E-state index < -0.39 is 18.5 Å². The van der Waals surface area contributed by atoms with E-state index in [2.05, 4.69) is 31.3 Å². The number of carbonyl (C=O) groups is 2. The van der Waals surface area contributed by atoms with Crippen LogP contribution in [0.3, 0.4) is 0 Å². The molecule has 26 heavy (non-hydrogen) atoms. The van der Waals surface area contributed by atoms with Crippen molar-refractivity contribution in [3.63, 3.8) is 0 Å². The van der Waals surface area contributed by atoms with Gasteiger partial charge in [0.25, 0.3) is 5.91 Å². The minimum Gasteiger partial charge on any atom is -0.507 e. The minimum atomic E-state index is -0.732. The van der Waals surface area contributed by atoms with Crippen molar-refractivity contribution in [1.82, 2.24) is 5.32 Å². The Kier molecular flexibility index (Phi) is 6.78. The molecule has 1 amide bonds. The van der Waals surface area contributed by atoms with Crippen molar-refractivity contribution >= 4 is 11.9 Å². The third-order valence-electron chi connectivity index (χ3n) is 3.96. The van der Waals surface area contributed by atoms with E-state index in [1.807, 2.05) is 19.1 Å². The summed E-state index contributed by atoms with van der Waals surface area (Å²) in [7, 11) is 0. The molecule has 0 aromatic heterocycles. The average Bonchev–Trinajstić information content (AvgIpc) is 2.60. The van der Waals surface area contributed by atoms with Crippen molar-refractivity contribution in [3.8, 4) is 5.75 Å². The van der Waals surface area contributed by atoms with E-state index >= 15 is 0 Å². The molecule has 0 bridgehead atoms. The van der Waals surface area contributed by atoms with E-state index in [4.69, 9.17) is 4.74 Å². The second-order valence-corrected chi connectivity index (χ2v) is 6.72. The number of benzene rings is 2. The molecule has 0 spiro atoms. The molecule has 0 radical (unpaired) electrons. The predicted molar refractivity (Wildman–Crippen MR) is 99.9 cm³/mol. The highest BCUT2D eigenvalue weighted by Gasteiger charge is 2.15. The zero-order valence-electron chi connectivity index (χ0n) is 15.4. The number of hydrogen-bond donors (Lipinski definition) is 2.